The minimum absolute atomic E-state index is 0.0618. The van der Waals surface area contributed by atoms with E-state index in [0.29, 0.717) is 15.9 Å². The number of carbonyl (C=O) groups is 2. The van der Waals surface area contributed by atoms with Crippen molar-refractivity contribution >= 4 is 33.3 Å². The van der Waals surface area contributed by atoms with Gasteiger partial charge in [0.05, 0.1) is 11.9 Å². The number of benzene rings is 1. The fourth-order valence-corrected chi connectivity index (χ4v) is 1.91. The van der Waals surface area contributed by atoms with E-state index < -0.39 is 5.82 Å². The zero-order chi connectivity index (χ0) is 15.2. The van der Waals surface area contributed by atoms with Crippen molar-refractivity contribution < 1.29 is 14.0 Å². The molecule has 21 heavy (non-hydrogen) atoms. The van der Waals surface area contributed by atoms with Gasteiger partial charge in [0.15, 0.2) is 5.78 Å². The third-order valence-corrected chi connectivity index (χ3v) is 3.23. The van der Waals surface area contributed by atoms with Crippen molar-refractivity contribution in [3.05, 3.63) is 58.6 Å². The first kappa shape index (κ1) is 15.3. The highest BCUT2D eigenvalue weighted by atomic mass is 79.9. The molecule has 1 aromatic heterocycles. The first-order valence-corrected chi connectivity index (χ1v) is 7.04. The predicted octanol–water partition coefficient (Wildman–Crippen LogP) is 3.58. The van der Waals surface area contributed by atoms with Gasteiger partial charge in [-0.05, 0) is 52.3 Å². The number of nitrogens with one attached hydrogen (secondary N) is 1. The highest BCUT2D eigenvalue weighted by Gasteiger charge is 2.09. The number of hydrogen-bond donors (Lipinski definition) is 1. The fourth-order valence-electron chi connectivity index (χ4n) is 1.68. The third-order valence-electron chi connectivity index (χ3n) is 2.76. The van der Waals surface area contributed by atoms with Crippen LogP contribution < -0.4 is 5.32 Å². The Balaban J connectivity index is 1.84. The lowest BCUT2D eigenvalue weighted by atomic mass is 10.1. The number of rotatable bonds is 5. The molecular weight excluding hydrogens is 339 g/mol. The van der Waals surface area contributed by atoms with Crippen LogP contribution in [-0.4, -0.2) is 16.7 Å². The molecule has 0 spiro atoms. The third kappa shape index (κ3) is 4.75. The maximum Gasteiger partial charge on any atom is 0.224 e. The Labute approximate surface area is 129 Å². The number of nitrogens with zero attached hydrogens (tertiary/aromatic N) is 1. The first-order valence-electron chi connectivity index (χ1n) is 6.25. The van der Waals surface area contributed by atoms with E-state index >= 15 is 0 Å². The lowest BCUT2D eigenvalue weighted by Gasteiger charge is -2.04. The normalized spacial score (nSPS) is 10.2. The quantitative estimate of drug-likeness (QED) is 0.662. The van der Waals surface area contributed by atoms with E-state index in [1.54, 1.807) is 12.1 Å². The molecule has 0 atom stereocenters. The minimum atomic E-state index is -0.396. The molecule has 0 aliphatic rings. The Morgan fingerprint density at radius 3 is 2.43 bits per heavy atom. The second-order valence-corrected chi connectivity index (χ2v) is 5.16. The van der Waals surface area contributed by atoms with Crippen LogP contribution >= 0.6 is 15.9 Å². The summed E-state index contributed by atoms with van der Waals surface area (Å²) in [5.74, 6) is -0.860. The molecule has 1 amide bonds. The summed E-state index contributed by atoms with van der Waals surface area (Å²) in [6, 6.07) is 8.68. The number of pyridine rings is 1. The van der Waals surface area contributed by atoms with Gasteiger partial charge < -0.3 is 5.32 Å². The zero-order valence-electron chi connectivity index (χ0n) is 11.0. The number of hydrogen-bond acceptors (Lipinski definition) is 3. The lowest BCUT2D eigenvalue weighted by molar-refractivity contribution is -0.116. The molecule has 0 bridgehead atoms. The van der Waals surface area contributed by atoms with Crippen LogP contribution in [0.15, 0.2) is 47.2 Å². The van der Waals surface area contributed by atoms with E-state index in [0.717, 1.165) is 0 Å². The molecule has 0 aliphatic carbocycles. The van der Waals surface area contributed by atoms with Gasteiger partial charge in [0.2, 0.25) is 5.91 Å². The zero-order valence-corrected chi connectivity index (χ0v) is 12.6. The Hall–Kier alpha value is -2.08. The number of ketones is 1. The maximum absolute atomic E-state index is 12.8. The number of amides is 1. The standard InChI is InChI=1S/C15H12BrFN2O2/c16-14-7-5-12(9-18-14)19-15(21)8-6-13(20)10-1-3-11(17)4-2-10/h1-5,7,9H,6,8H2,(H,19,21). The molecule has 1 aromatic carbocycles. The molecule has 2 aromatic rings. The van der Waals surface area contributed by atoms with Crippen molar-refractivity contribution in [2.24, 2.45) is 0 Å². The second kappa shape index (κ2) is 7.08. The van der Waals surface area contributed by atoms with Crippen molar-refractivity contribution in [2.45, 2.75) is 12.8 Å². The first-order chi connectivity index (χ1) is 10.0. The average molecular weight is 351 g/mol. The van der Waals surface area contributed by atoms with Gasteiger partial charge in [-0.15, -0.1) is 0 Å². The number of anilines is 1. The molecule has 1 heterocycles. The fraction of sp³-hybridized carbons (Fsp3) is 0.133. The molecule has 0 fully saturated rings. The van der Waals surface area contributed by atoms with Gasteiger partial charge in [-0.25, -0.2) is 9.37 Å². The van der Waals surface area contributed by atoms with Gasteiger partial charge in [0, 0.05) is 18.4 Å². The highest BCUT2D eigenvalue weighted by molar-refractivity contribution is 9.10. The van der Waals surface area contributed by atoms with E-state index in [4.69, 9.17) is 0 Å². The Bertz CT molecular complexity index is 642. The van der Waals surface area contributed by atoms with Crippen LogP contribution in [0.3, 0.4) is 0 Å². The maximum atomic E-state index is 12.8. The number of halogens is 2. The van der Waals surface area contributed by atoms with E-state index in [9.17, 15) is 14.0 Å². The smallest absolute Gasteiger partial charge is 0.224 e. The van der Waals surface area contributed by atoms with Gasteiger partial charge in [0.1, 0.15) is 10.4 Å². The topological polar surface area (TPSA) is 59.1 Å². The van der Waals surface area contributed by atoms with E-state index in [2.05, 4.69) is 26.2 Å². The van der Waals surface area contributed by atoms with Crippen LogP contribution in [0.2, 0.25) is 0 Å². The van der Waals surface area contributed by atoms with Gasteiger partial charge in [-0.2, -0.15) is 0 Å². The molecule has 0 radical (unpaired) electrons. The number of carbonyl (C=O) groups excluding carboxylic acids is 2. The van der Waals surface area contributed by atoms with Crippen LogP contribution in [0.1, 0.15) is 23.2 Å². The van der Waals surface area contributed by atoms with Crippen LogP contribution in [0.5, 0.6) is 0 Å². The lowest BCUT2D eigenvalue weighted by Crippen LogP contribution is -2.13. The SMILES string of the molecule is O=C(CCC(=O)c1ccc(F)cc1)Nc1ccc(Br)nc1. The van der Waals surface area contributed by atoms with E-state index in [1.807, 2.05) is 0 Å². The summed E-state index contributed by atoms with van der Waals surface area (Å²) in [4.78, 5) is 27.5. The van der Waals surface area contributed by atoms with E-state index in [-0.39, 0.29) is 24.5 Å². The van der Waals surface area contributed by atoms with Gasteiger partial charge >= 0.3 is 0 Å². The van der Waals surface area contributed by atoms with Crippen LogP contribution in [0, 0.1) is 5.82 Å². The molecule has 0 saturated heterocycles. The molecule has 0 saturated carbocycles. The average Bonchev–Trinajstić information content (AvgIpc) is 2.48. The Kier molecular flexibility index (Phi) is 5.16. The molecule has 1 N–H and O–H groups in total. The predicted molar refractivity (Wildman–Crippen MR) is 80.5 cm³/mol. The molecule has 2 rings (SSSR count). The summed E-state index contributed by atoms with van der Waals surface area (Å²) >= 11 is 3.20. The summed E-state index contributed by atoms with van der Waals surface area (Å²) in [5, 5.41) is 2.65. The molecule has 108 valence electrons. The largest absolute Gasteiger partial charge is 0.325 e. The highest BCUT2D eigenvalue weighted by Crippen LogP contribution is 2.12. The number of Topliss-reactive ketones (excluding diaryl/α,β-unsaturated/α-hetero) is 1. The monoisotopic (exact) mass is 350 g/mol. The minimum Gasteiger partial charge on any atom is -0.325 e. The molecule has 0 aliphatic heterocycles. The molecule has 0 unspecified atom stereocenters. The second-order valence-electron chi connectivity index (χ2n) is 4.35. The van der Waals surface area contributed by atoms with Gasteiger partial charge in [0.25, 0.3) is 0 Å². The van der Waals surface area contributed by atoms with Crippen LogP contribution in [0.4, 0.5) is 10.1 Å². The molecule has 4 nitrogen and oxygen atoms in total. The summed E-state index contributed by atoms with van der Waals surface area (Å²) in [6.07, 6.45) is 1.65. The van der Waals surface area contributed by atoms with Crippen LogP contribution in [-0.2, 0) is 4.79 Å². The summed E-state index contributed by atoms with van der Waals surface area (Å²) in [7, 11) is 0. The van der Waals surface area contributed by atoms with Crippen LogP contribution in [0.25, 0.3) is 0 Å². The molecule has 6 heteroatoms. The van der Waals surface area contributed by atoms with Gasteiger partial charge in [-0.1, -0.05) is 0 Å². The van der Waals surface area contributed by atoms with Crippen molar-refractivity contribution in [1.29, 1.82) is 0 Å². The number of aromatic nitrogens is 1. The van der Waals surface area contributed by atoms with Gasteiger partial charge in [-0.3, -0.25) is 9.59 Å². The van der Waals surface area contributed by atoms with Crippen molar-refractivity contribution in [1.82, 2.24) is 4.98 Å². The summed E-state index contributed by atoms with van der Waals surface area (Å²) < 4.78 is 13.4. The summed E-state index contributed by atoms with van der Waals surface area (Å²) in [6.45, 7) is 0. The van der Waals surface area contributed by atoms with E-state index in [1.165, 1.54) is 30.5 Å². The van der Waals surface area contributed by atoms with Crippen molar-refractivity contribution in [2.75, 3.05) is 5.32 Å². The molecular formula is C15H12BrFN2O2. The Morgan fingerprint density at radius 1 is 1.10 bits per heavy atom. The summed E-state index contributed by atoms with van der Waals surface area (Å²) in [5.41, 5.74) is 0.965. The van der Waals surface area contributed by atoms with Crippen molar-refractivity contribution in [3.8, 4) is 0 Å². The van der Waals surface area contributed by atoms with Crippen molar-refractivity contribution in [3.63, 3.8) is 0 Å². The Morgan fingerprint density at radius 2 is 1.81 bits per heavy atom.